The first-order valence-corrected chi connectivity index (χ1v) is 10.5. The van der Waals surface area contributed by atoms with Gasteiger partial charge in [0.05, 0.1) is 14.2 Å². The van der Waals surface area contributed by atoms with E-state index in [0.29, 0.717) is 37.7 Å². The van der Waals surface area contributed by atoms with E-state index in [1.807, 2.05) is 73.8 Å². The second kappa shape index (κ2) is 11.2. The van der Waals surface area contributed by atoms with E-state index in [1.54, 1.807) is 7.11 Å². The quantitative estimate of drug-likeness (QED) is 0.531. The molecule has 0 spiro atoms. The maximum Gasteiger partial charge on any atom is 0.275 e. The summed E-state index contributed by atoms with van der Waals surface area (Å²) in [5.74, 6) is 1.45. The lowest BCUT2D eigenvalue weighted by Crippen LogP contribution is -3.08. The zero-order chi connectivity index (χ0) is 22.1. The third kappa shape index (κ3) is 6.86. The Morgan fingerprint density at radius 2 is 1.68 bits per heavy atom. The molecule has 0 aliphatic carbocycles. The monoisotopic (exact) mass is 419 g/mol. The maximum absolute atomic E-state index is 12.3. The summed E-state index contributed by atoms with van der Waals surface area (Å²) in [5, 5.41) is 3.02. The summed E-state index contributed by atoms with van der Waals surface area (Å²) in [6.07, 6.45) is 0. The normalized spacial score (nSPS) is 11.6. The molecule has 0 heterocycles. The fourth-order valence-corrected chi connectivity index (χ4v) is 3.43. The lowest BCUT2D eigenvalue weighted by atomic mass is 10.1. The molecule has 0 bridgehead atoms. The minimum Gasteiger partial charge on any atom is -0.493 e. The molecule has 0 aliphatic heterocycles. The van der Waals surface area contributed by atoms with Gasteiger partial charge in [0, 0.05) is 12.1 Å². The minimum absolute atomic E-state index is 0.0375. The molecular formula is C26H31N2O3+. The predicted molar refractivity (Wildman–Crippen MR) is 122 cm³/mol. The van der Waals surface area contributed by atoms with Crippen molar-refractivity contribution in [3.63, 3.8) is 0 Å². The van der Waals surface area contributed by atoms with Gasteiger partial charge in [-0.25, -0.2) is 0 Å². The third-order valence-electron chi connectivity index (χ3n) is 5.17. The van der Waals surface area contributed by atoms with Crippen LogP contribution in [0.4, 0.5) is 0 Å². The van der Waals surface area contributed by atoms with E-state index in [1.165, 1.54) is 5.56 Å². The first kappa shape index (κ1) is 22.4. The number of hydrogen-bond acceptors (Lipinski definition) is 3. The maximum atomic E-state index is 12.3. The van der Waals surface area contributed by atoms with Crippen LogP contribution >= 0.6 is 0 Å². The van der Waals surface area contributed by atoms with E-state index in [9.17, 15) is 4.79 Å². The highest BCUT2D eigenvalue weighted by atomic mass is 16.5. The van der Waals surface area contributed by atoms with Gasteiger partial charge in [-0.05, 0) is 41.8 Å². The van der Waals surface area contributed by atoms with Crippen molar-refractivity contribution in [2.24, 2.45) is 0 Å². The first-order valence-electron chi connectivity index (χ1n) is 10.5. The molecule has 0 aromatic heterocycles. The Morgan fingerprint density at radius 3 is 2.42 bits per heavy atom. The molecule has 3 rings (SSSR count). The van der Waals surface area contributed by atoms with Crippen LogP contribution < -0.4 is 19.7 Å². The Balaban J connectivity index is 1.51. The molecule has 0 saturated heterocycles. The second-order valence-corrected chi connectivity index (χ2v) is 7.77. The molecular weight excluding hydrogens is 388 g/mol. The van der Waals surface area contributed by atoms with Crippen LogP contribution in [-0.4, -0.2) is 26.6 Å². The molecule has 2 N–H and O–H groups in total. The van der Waals surface area contributed by atoms with Gasteiger partial charge < -0.3 is 19.7 Å². The molecule has 162 valence electrons. The smallest absolute Gasteiger partial charge is 0.275 e. The zero-order valence-corrected chi connectivity index (χ0v) is 18.5. The number of likely N-dealkylation sites (N-methyl/N-ethyl adjacent to an activating group) is 1. The van der Waals surface area contributed by atoms with Gasteiger partial charge >= 0.3 is 0 Å². The van der Waals surface area contributed by atoms with Gasteiger partial charge in [0.1, 0.15) is 13.2 Å². The van der Waals surface area contributed by atoms with Crippen molar-refractivity contribution in [1.29, 1.82) is 0 Å². The summed E-state index contributed by atoms with van der Waals surface area (Å²) in [5.41, 5.74) is 4.53. The van der Waals surface area contributed by atoms with Gasteiger partial charge in [-0.2, -0.15) is 0 Å². The number of amides is 1. The molecule has 5 nitrogen and oxygen atoms in total. The number of aryl methyl sites for hydroxylation is 1. The van der Waals surface area contributed by atoms with Gasteiger partial charge in [-0.3, -0.25) is 4.79 Å². The highest BCUT2D eigenvalue weighted by Crippen LogP contribution is 2.28. The molecule has 31 heavy (non-hydrogen) atoms. The van der Waals surface area contributed by atoms with Crippen LogP contribution in [0.15, 0.2) is 72.8 Å². The highest BCUT2D eigenvalue weighted by Gasteiger charge is 2.13. The number of ether oxygens (including phenoxy) is 2. The Bertz CT molecular complexity index is 989. The van der Waals surface area contributed by atoms with Crippen molar-refractivity contribution >= 4 is 5.91 Å². The molecule has 3 aromatic rings. The van der Waals surface area contributed by atoms with Gasteiger partial charge in [0.15, 0.2) is 18.0 Å². The number of quaternary nitrogens is 1. The fraction of sp³-hybridized carbons (Fsp3) is 0.269. The third-order valence-corrected chi connectivity index (χ3v) is 5.17. The van der Waals surface area contributed by atoms with Gasteiger partial charge in [0.25, 0.3) is 5.91 Å². The topological polar surface area (TPSA) is 52.0 Å². The van der Waals surface area contributed by atoms with Crippen LogP contribution in [0.1, 0.15) is 22.3 Å². The van der Waals surface area contributed by atoms with E-state index in [4.69, 9.17) is 9.47 Å². The van der Waals surface area contributed by atoms with E-state index in [-0.39, 0.29) is 5.91 Å². The van der Waals surface area contributed by atoms with Crippen LogP contribution in [0.5, 0.6) is 11.5 Å². The van der Waals surface area contributed by atoms with Crippen molar-refractivity contribution in [1.82, 2.24) is 5.32 Å². The SMILES string of the molecule is COc1cc(C[NH+](C)CC(=O)NCc2ccccc2C)ccc1OCc1ccccc1. The van der Waals surface area contributed by atoms with Crippen LogP contribution in [-0.2, 0) is 24.5 Å². The van der Waals surface area contributed by atoms with Crippen molar-refractivity contribution < 1.29 is 19.2 Å². The zero-order valence-electron chi connectivity index (χ0n) is 18.5. The molecule has 5 heteroatoms. The number of carbonyl (C=O) groups is 1. The number of nitrogens with one attached hydrogen (secondary N) is 2. The van der Waals surface area contributed by atoms with Crippen LogP contribution in [0, 0.1) is 6.92 Å². The lowest BCUT2D eigenvalue weighted by Gasteiger charge is -2.16. The number of hydrogen-bond donors (Lipinski definition) is 2. The van der Waals surface area contributed by atoms with Crippen molar-refractivity contribution in [2.75, 3.05) is 20.7 Å². The Morgan fingerprint density at radius 1 is 0.935 bits per heavy atom. The minimum atomic E-state index is 0.0375. The van der Waals surface area contributed by atoms with Crippen molar-refractivity contribution in [3.05, 3.63) is 95.1 Å². The highest BCUT2D eigenvalue weighted by molar-refractivity contribution is 5.76. The van der Waals surface area contributed by atoms with Gasteiger partial charge in [-0.15, -0.1) is 0 Å². The summed E-state index contributed by atoms with van der Waals surface area (Å²) in [7, 11) is 3.66. The average molecular weight is 420 g/mol. The molecule has 0 aliphatic rings. The molecule has 3 aromatic carbocycles. The van der Waals surface area contributed by atoms with E-state index >= 15 is 0 Å². The lowest BCUT2D eigenvalue weighted by molar-refractivity contribution is -0.885. The molecule has 1 amide bonds. The second-order valence-electron chi connectivity index (χ2n) is 7.77. The van der Waals surface area contributed by atoms with Crippen LogP contribution in [0.25, 0.3) is 0 Å². The van der Waals surface area contributed by atoms with Gasteiger partial charge in [0.2, 0.25) is 0 Å². The first-order chi connectivity index (χ1) is 15.0. The Kier molecular flexibility index (Phi) is 8.07. The molecule has 1 unspecified atom stereocenters. The predicted octanol–water partition coefficient (Wildman–Crippen LogP) is 2.91. The fourth-order valence-electron chi connectivity index (χ4n) is 3.43. The van der Waals surface area contributed by atoms with Crippen molar-refractivity contribution in [2.45, 2.75) is 26.6 Å². The number of carbonyl (C=O) groups excluding carboxylic acids is 1. The summed E-state index contributed by atoms with van der Waals surface area (Å²) >= 11 is 0. The standard InChI is InChI=1S/C26H30N2O3/c1-20-9-7-8-12-23(20)16-27-26(29)18-28(2)17-22-13-14-24(25(15-22)30-3)31-19-21-10-5-4-6-11-21/h4-15H,16-19H2,1-3H3,(H,27,29)/p+1. The summed E-state index contributed by atoms with van der Waals surface area (Å²) in [6.45, 7) is 4.22. The summed E-state index contributed by atoms with van der Waals surface area (Å²) in [4.78, 5) is 13.4. The van der Waals surface area contributed by atoms with Crippen LogP contribution in [0.3, 0.4) is 0 Å². The van der Waals surface area contributed by atoms with E-state index < -0.39 is 0 Å². The molecule has 0 radical (unpaired) electrons. The number of methoxy groups -OCH3 is 1. The largest absolute Gasteiger partial charge is 0.493 e. The van der Waals surface area contributed by atoms with E-state index in [2.05, 4.69) is 18.3 Å². The Hall–Kier alpha value is -3.31. The van der Waals surface area contributed by atoms with Gasteiger partial charge in [-0.1, -0.05) is 54.6 Å². The van der Waals surface area contributed by atoms with Crippen LogP contribution in [0.2, 0.25) is 0 Å². The average Bonchev–Trinajstić information content (AvgIpc) is 2.78. The summed E-state index contributed by atoms with van der Waals surface area (Å²) in [6, 6.07) is 24.1. The van der Waals surface area contributed by atoms with Crippen molar-refractivity contribution in [3.8, 4) is 11.5 Å². The Labute approximate surface area is 184 Å². The molecule has 1 atom stereocenters. The van der Waals surface area contributed by atoms with E-state index in [0.717, 1.165) is 21.6 Å². The molecule has 0 saturated carbocycles. The number of benzene rings is 3. The summed E-state index contributed by atoms with van der Waals surface area (Å²) < 4.78 is 11.4. The number of rotatable bonds is 10. The molecule has 0 fully saturated rings.